The Bertz CT molecular complexity index is 853. The number of carboxylic acid groups (broad SMARTS) is 1. The van der Waals surface area contributed by atoms with Crippen molar-refractivity contribution in [1.29, 1.82) is 0 Å². The van der Waals surface area contributed by atoms with Crippen molar-refractivity contribution in [3.8, 4) is 0 Å². The van der Waals surface area contributed by atoms with Gasteiger partial charge in [0.25, 0.3) is 0 Å². The summed E-state index contributed by atoms with van der Waals surface area (Å²) in [6.07, 6.45) is 0.568. The first kappa shape index (κ1) is 13.6. The first-order chi connectivity index (χ1) is 10.1. The second-order valence-corrected chi connectivity index (χ2v) is 5.42. The van der Waals surface area contributed by atoms with E-state index in [1.807, 2.05) is 18.2 Å². The summed E-state index contributed by atoms with van der Waals surface area (Å²) >= 11 is 0. The zero-order valence-electron chi connectivity index (χ0n) is 12.2. The van der Waals surface area contributed by atoms with Crippen molar-refractivity contribution in [3.63, 3.8) is 0 Å². The Kier molecular flexibility index (Phi) is 3.34. The second-order valence-electron chi connectivity index (χ2n) is 5.42. The SMILES string of the molecule is Cc1c2ccccc2[n+](C)c2ccc(CCC(=O)[O-])cc12. The molecule has 3 aromatic rings. The van der Waals surface area contributed by atoms with E-state index in [4.69, 9.17) is 0 Å². The van der Waals surface area contributed by atoms with Crippen LogP contribution in [-0.2, 0) is 18.3 Å². The standard InChI is InChI=1S/C18H17NO2/c1-12-14-5-3-4-6-16(14)19(2)17-9-7-13(11-15(12)17)8-10-18(20)21/h3-7,9,11H,8,10H2,1-2H3. The number of carbonyl (C=O) groups excluding carboxylic acids is 1. The van der Waals surface area contributed by atoms with Crippen LogP contribution < -0.4 is 9.67 Å². The average Bonchev–Trinajstić information content (AvgIpc) is 2.50. The fraction of sp³-hybridized carbons (Fsp3) is 0.222. The van der Waals surface area contributed by atoms with Crippen LogP contribution in [0.3, 0.4) is 0 Å². The summed E-state index contributed by atoms with van der Waals surface area (Å²) in [5, 5.41) is 13.0. The highest BCUT2D eigenvalue weighted by molar-refractivity contribution is 5.93. The lowest BCUT2D eigenvalue weighted by Crippen LogP contribution is -2.30. The van der Waals surface area contributed by atoms with E-state index in [1.165, 1.54) is 21.9 Å². The Morgan fingerprint density at radius 2 is 1.81 bits per heavy atom. The maximum Gasteiger partial charge on any atom is 0.213 e. The topological polar surface area (TPSA) is 44.0 Å². The minimum absolute atomic E-state index is 0.0598. The van der Waals surface area contributed by atoms with Gasteiger partial charge in [0, 0.05) is 23.5 Å². The predicted molar refractivity (Wildman–Crippen MR) is 80.7 cm³/mol. The number of para-hydroxylation sites is 1. The number of hydrogen-bond donors (Lipinski definition) is 0. The molecule has 0 spiro atoms. The monoisotopic (exact) mass is 279 g/mol. The van der Waals surface area contributed by atoms with Crippen molar-refractivity contribution >= 4 is 27.8 Å². The maximum absolute atomic E-state index is 10.6. The van der Waals surface area contributed by atoms with Crippen LogP contribution in [0.4, 0.5) is 0 Å². The zero-order valence-corrected chi connectivity index (χ0v) is 12.2. The van der Waals surface area contributed by atoms with E-state index in [9.17, 15) is 9.90 Å². The van der Waals surface area contributed by atoms with Crippen LogP contribution in [0.2, 0.25) is 0 Å². The molecule has 3 rings (SSSR count). The number of carboxylic acids is 1. The van der Waals surface area contributed by atoms with Crippen molar-refractivity contribution < 1.29 is 14.5 Å². The summed E-state index contributed by atoms with van der Waals surface area (Å²) in [6.45, 7) is 2.12. The molecule has 0 fully saturated rings. The molecule has 0 aliphatic carbocycles. The molecule has 21 heavy (non-hydrogen) atoms. The molecule has 0 amide bonds. The minimum atomic E-state index is -1.00. The van der Waals surface area contributed by atoms with Crippen LogP contribution in [0.25, 0.3) is 21.8 Å². The third-order valence-electron chi connectivity index (χ3n) is 4.11. The number of benzene rings is 2. The smallest absolute Gasteiger partial charge is 0.213 e. The van der Waals surface area contributed by atoms with E-state index >= 15 is 0 Å². The van der Waals surface area contributed by atoms with E-state index in [-0.39, 0.29) is 6.42 Å². The first-order valence-corrected chi connectivity index (χ1v) is 7.08. The molecule has 1 aromatic heterocycles. The Labute approximate surface area is 123 Å². The Morgan fingerprint density at radius 1 is 1.10 bits per heavy atom. The van der Waals surface area contributed by atoms with Gasteiger partial charge in [-0.3, -0.25) is 0 Å². The molecule has 3 heteroatoms. The number of aliphatic carboxylic acids is 1. The van der Waals surface area contributed by atoms with Crippen molar-refractivity contribution in [2.45, 2.75) is 19.8 Å². The summed E-state index contributed by atoms with van der Waals surface area (Å²) in [5.41, 5.74) is 4.62. The van der Waals surface area contributed by atoms with Crippen LogP contribution in [-0.4, -0.2) is 5.97 Å². The molecule has 0 saturated carbocycles. The maximum atomic E-state index is 10.6. The van der Waals surface area contributed by atoms with Gasteiger partial charge in [0.2, 0.25) is 11.0 Å². The van der Waals surface area contributed by atoms with Gasteiger partial charge in [-0.15, -0.1) is 0 Å². The highest BCUT2D eigenvalue weighted by atomic mass is 16.4. The van der Waals surface area contributed by atoms with E-state index in [1.54, 1.807) is 0 Å². The molecular formula is C18H17NO2. The second kappa shape index (κ2) is 5.17. The molecule has 106 valence electrons. The number of pyridine rings is 1. The number of aryl methyl sites for hydroxylation is 3. The summed E-state index contributed by atoms with van der Waals surface area (Å²) in [6, 6.07) is 14.5. The minimum Gasteiger partial charge on any atom is -0.550 e. The van der Waals surface area contributed by atoms with E-state index < -0.39 is 5.97 Å². The number of aromatic nitrogens is 1. The summed E-state index contributed by atoms with van der Waals surface area (Å²) in [7, 11) is 2.06. The molecule has 0 unspecified atom stereocenters. The van der Waals surface area contributed by atoms with Crippen LogP contribution in [0.1, 0.15) is 17.5 Å². The highest BCUT2D eigenvalue weighted by Gasteiger charge is 2.15. The van der Waals surface area contributed by atoms with Gasteiger partial charge in [0.05, 0.1) is 5.39 Å². The van der Waals surface area contributed by atoms with Crippen LogP contribution in [0.15, 0.2) is 42.5 Å². The van der Waals surface area contributed by atoms with Crippen LogP contribution in [0.5, 0.6) is 0 Å². The summed E-state index contributed by atoms with van der Waals surface area (Å²) < 4.78 is 2.18. The quantitative estimate of drug-likeness (QED) is 0.542. The van der Waals surface area contributed by atoms with Gasteiger partial charge in [0.15, 0.2) is 0 Å². The molecule has 0 aliphatic heterocycles. The van der Waals surface area contributed by atoms with Crippen molar-refractivity contribution in [3.05, 3.63) is 53.6 Å². The lowest BCUT2D eigenvalue weighted by Gasteiger charge is -2.08. The van der Waals surface area contributed by atoms with Gasteiger partial charge in [0.1, 0.15) is 7.05 Å². The Hall–Kier alpha value is -2.42. The number of hydrogen-bond acceptors (Lipinski definition) is 2. The van der Waals surface area contributed by atoms with Gasteiger partial charge in [-0.2, -0.15) is 4.57 Å². The molecule has 3 nitrogen and oxygen atoms in total. The molecule has 1 heterocycles. The van der Waals surface area contributed by atoms with Gasteiger partial charge in [-0.1, -0.05) is 18.2 Å². The van der Waals surface area contributed by atoms with Gasteiger partial charge in [-0.05, 0) is 43.0 Å². The normalized spacial score (nSPS) is 11.1. The van der Waals surface area contributed by atoms with Crippen LogP contribution >= 0.6 is 0 Å². The van der Waals surface area contributed by atoms with Gasteiger partial charge < -0.3 is 9.90 Å². The lowest BCUT2D eigenvalue weighted by atomic mass is 10.00. The summed E-state index contributed by atoms with van der Waals surface area (Å²) in [4.78, 5) is 10.6. The van der Waals surface area contributed by atoms with Crippen LogP contribution in [0, 0.1) is 6.92 Å². The zero-order chi connectivity index (χ0) is 15.0. The molecule has 0 atom stereocenters. The first-order valence-electron chi connectivity index (χ1n) is 7.08. The van der Waals surface area contributed by atoms with Gasteiger partial charge >= 0.3 is 0 Å². The molecule has 0 aliphatic rings. The summed E-state index contributed by atoms with van der Waals surface area (Å²) in [5.74, 6) is -1.00. The van der Waals surface area contributed by atoms with Crippen molar-refractivity contribution in [2.24, 2.45) is 7.05 Å². The number of nitrogens with zero attached hydrogens (tertiary/aromatic N) is 1. The third kappa shape index (κ3) is 2.35. The molecule has 2 aromatic carbocycles. The average molecular weight is 279 g/mol. The molecule has 0 bridgehead atoms. The Morgan fingerprint density at radius 3 is 2.57 bits per heavy atom. The fourth-order valence-electron chi connectivity index (χ4n) is 2.94. The van der Waals surface area contributed by atoms with Crippen molar-refractivity contribution in [1.82, 2.24) is 0 Å². The van der Waals surface area contributed by atoms with Crippen molar-refractivity contribution in [2.75, 3.05) is 0 Å². The van der Waals surface area contributed by atoms with E-state index in [2.05, 4.69) is 42.8 Å². The highest BCUT2D eigenvalue weighted by Crippen LogP contribution is 2.24. The van der Waals surface area contributed by atoms with E-state index in [0.717, 1.165) is 11.1 Å². The lowest BCUT2D eigenvalue weighted by molar-refractivity contribution is -0.617. The number of carbonyl (C=O) groups is 1. The predicted octanol–water partition coefficient (Wildman–Crippen LogP) is 1.81. The molecular weight excluding hydrogens is 262 g/mol. The third-order valence-corrected chi connectivity index (χ3v) is 4.11. The fourth-order valence-corrected chi connectivity index (χ4v) is 2.94. The molecule has 0 N–H and O–H groups in total. The number of fused-ring (bicyclic) bond motifs is 2. The largest absolute Gasteiger partial charge is 0.550 e. The van der Waals surface area contributed by atoms with Gasteiger partial charge in [-0.25, -0.2) is 0 Å². The Balaban J connectivity index is 2.23. The van der Waals surface area contributed by atoms with E-state index in [0.29, 0.717) is 6.42 Å². The molecule has 0 saturated heterocycles. The molecule has 0 radical (unpaired) electrons. The number of rotatable bonds is 3.